The van der Waals surface area contributed by atoms with Crippen molar-refractivity contribution in [2.75, 3.05) is 18.5 Å². The molecule has 1 heterocycles. The van der Waals surface area contributed by atoms with E-state index in [-0.39, 0.29) is 18.4 Å². The molecular weight excluding hydrogens is 382 g/mol. The zero-order valence-electron chi connectivity index (χ0n) is 13.9. The van der Waals surface area contributed by atoms with Crippen LogP contribution in [0.1, 0.15) is 18.4 Å². The van der Waals surface area contributed by atoms with E-state index in [1.807, 2.05) is 54.6 Å². The third-order valence-corrected chi connectivity index (χ3v) is 4.61. The molecule has 25 heavy (non-hydrogen) atoms. The lowest BCUT2D eigenvalue weighted by Gasteiger charge is -2.25. The lowest BCUT2D eigenvalue weighted by Crippen LogP contribution is -2.41. The summed E-state index contributed by atoms with van der Waals surface area (Å²) in [7, 11) is 1.70. The molecule has 0 aliphatic carbocycles. The Labute approximate surface area is 155 Å². The molecule has 3 rings (SSSR count). The summed E-state index contributed by atoms with van der Waals surface area (Å²) >= 11 is 3.41. The molecule has 0 aromatic heterocycles. The molecule has 2 aromatic rings. The zero-order valence-corrected chi connectivity index (χ0v) is 15.4. The van der Waals surface area contributed by atoms with Gasteiger partial charge in [-0.25, -0.2) is 5.01 Å². The van der Waals surface area contributed by atoms with Gasteiger partial charge in [-0.15, -0.1) is 0 Å². The Balaban J connectivity index is 1.76. The standard InChI is InChI=1S/C19H18BrN3O2/c1-22(16-5-3-2-4-6-16)19(25)13-23-18(24)12-11-17(21-23)14-7-9-15(20)10-8-14/h2-10H,11-13H2,1H3. The maximum absolute atomic E-state index is 12.5. The second-order valence-electron chi connectivity index (χ2n) is 5.79. The first-order chi connectivity index (χ1) is 12.0. The summed E-state index contributed by atoms with van der Waals surface area (Å²) in [5.41, 5.74) is 2.57. The number of likely N-dealkylation sites (N-methyl/N-ethyl adjacent to an activating group) is 1. The molecule has 0 N–H and O–H groups in total. The van der Waals surface area contributed by atoms with Crippen LogP contribution in [0.5, 0.6) is 0 Å². The summed E-state index contributed by atoms with van der Waals surface area (Å²) in [4.78, 5) is 26.2. The zero-order chi connectivity index (χ0) is 17.8. The van der Waals surface area contributed by atoms with Crippen LogP contribution >= 0.6 is 15.9 Å². The van der Waals surface area contributed by atoms with Crippen molar-refractivity contribution in [2.24, 2.45) is 5.10 Å². The van der Waals surface area contributed by atoms with Crippen molar-refractivity contribution < 1.29 is 9.59 Å². The molecule has 1 aliphatic heterocycles. The average Bonchev–Trinajstić information content (AvgIpc) is 2.64. The van der Waals surface area contributed by atoms with Crippen LogP contribution in [0.3, 0.4) is 0 Å². The van der Waals surface area contributed by atoms with Crippen LogP contribution in [0, 0.1) is 0 Å². The molecular formula is C19H18BrN3O2. The number of nitrogens with zero attached hydrogens (tertiary/aromatic N) is 3. The molecule has 0 saturated carbocycles. The number of anilines is 1. The Bertz CT molecular complexity index is 803. The van der Waals surface area contributed by atoms with Crippen LogP contribution in [0.2, 0.25) is 0 Å². The first-order valence-corrected chi connectivity index (χ1v) is 8.79. The van der Waals surface area contributed by atoms with Gasteiger partial charge < -0.3 is 4.90 Å². The number of halogens is 1. The van der Waals surface area contributed by atoms with Crippen molar-refractivity contribution in [3.63, 3.8) is 0 Å². The third-order valence-electron chi connectivity index (χ3n) is 4.09. The van der Waals surface area contributed by atoms with Gasteiger partial charge in [-0.3, -0.25) is 9.59 Å². The quantitative estimate of drug-likeness (QED) is 0.790. The van der Waals surface area contributed by atoms with Crippen molar-refractivity contribution >= 4 is 39.1 Å². The molecule has 2 amide bonds. The molecule has 0 fully saturated rings. The number of benzene rings is 2. The summed E-state index contributed by atoms with van der Waals surface area (Å²) in [6, 6.07) is 17.1. The van der Waals surface area contributed by atoms with Gasteiger partial charge in [-0.05, 0) is 29.8 Å². The van der Waals surface area contributed by atoms with Crippen LogP contribution in [-0.2, 0) is 9.59 Å². The van der Waals surface area contributed by atoms with Crippen LogP contribution < -0.4 is 4.90 Å². The second kappa shape index (κ2) is 7.61. The van der Waals surface area contributed by atoms with E-state index in [9.17, 15) is 9.59 Å². The third kappa shape index (κ3) is 4.14. The van der Waals surface area contributed by atoms with Crippen LogP contribution in [-0.4, -0.2) is 36.1 Å². The molecule has 0 bridgehead atoms. The summed E-state index contributed by atoms with van der Waals surface area (Å²) in [5.74, 6) is -0.309. The van der Waals surface area contributed by atoms with Gasteiger partial charge in [0.05, 0.1) is 5.71 Å². The van der Waals surface area contributed by atoms with Gasteiger partial charge in [0.15, 0.2) is 0 Å². The first-order valence-electron chi connectivity index (χ1n) is 8.00. The minimum atomic E-state index is -0.180. The number of rotatable bonds is 4. The lowest BCUT2D eigenvalue weighted by atomic mass is 10.0. The number of hydrogen-bond acceptors (Lipinski definition) is 3. The maximum atomic E-state index is 12.5. The predicted octanol–water partition coefficient (Wildman–Crippen LogP) is 3.44. The van der Waals surface area contributed by atoms with E-state index in [0.717, 1.165) is 21.4 Å². The van der Waals surface area contributed by atoms with Gasteiger partial charge in [0.2, 0.25) is 11.8 Å². The highest BCUT2D eigenvalue weighted by molar-refractivity contribution is 9.10. The van der Waals surface area contributed by atoms with E-state index in [4.69, 9.17) is 0 Å². The lowest BCUT2D eigenvalue weighted by molar-refractivity contribution is -0.135. The molecule has 5 nitrogen and oxygen atoms in total. The highest BCUT2D eigenvalue weighted by atomic mass is 79.9. The minimum Gasteiger partial charge on any atom is -0.314 e. The first kappa shape index (κ1) is 17.4. The Hall–Kier alpha value is -2.47. The normalized spacial score (nSPS) is 14.2. The van der Waals surface area contributed by atoms with Gasteiger partial charge in [-0.2, -0.15) is 5.10 Å². The molecule has 6 heteroatoms. The number of hydrogen-bond donors (Lipinski definition) is 0. The Morgan fingerprint density at radius 1 is 1.12 bits per heavy atom. The number of amides is 2. The molecule has 2 aromatic carbocycles. The van der Waals surface area contributed by atoms with Crippen molar-refractivity contribution in [1.29, 1.82) is 0 Å². The number of carbonyl (C=O) groups is 2. The van der Waals surface area contributed by atoms with E-state index < -0.39 is 0 Å². The second-order valence-corrected chi connectivity index (χ2v) is 6.71. The fraction of sp³-hybridized carbons (Fsp3) is 0.211. The molecule has 0 radical (unpaired) electrons. The highest BCUT2D eigenvalue weighted by Gasteiger charge is 2.24. The van der Waals surface area contributed by atoms with E-state index in [1.165, 1.54) is 9.91 Å². The van der Waals surface area contributed by atoms with E-state index in [1.54, 1.807) is 7.05 Å². The van der Waals surface area contributed by atoms with Gasteiger partial charge in [0.25, 0.3) is 0 Å². The van der Waals surface area contributed by atoms with E-state index in [0.29, 0.717) is 12.8 Å². The summed E-state index contributed by atoms with van der Waals surface area (Å²) in [6.45, 7) is -0.0652. The molecule has 0 unspecified atom stereocenters. The minimum absolute atomic E-state index is 0.0652. The van der Waals surface area contributed by atoms with Crippen LogP contribution in [0.25, 0.3) is 0 Å². The molecule has 128 valence electrons. The molecule has 0 saturated heterocycles. The van der Waals surface area contributed by atoms with Crippen molar-refractivity contribution in [3.05, 3.63) is 64.6 Å². The fourth-order valence-corrected chi connectivity index (χ4v) is 2.87. The van der Waals surface area contributed by atoms with Crippen molar-refractivity contribution in [2.45, 2.75) is 12.8 Å². The van der Waals surface area contributed by atoms with Crippen LogP contribution in [0.4, 0.5) is 5.69 Å². The largest absolute Gasteiger partial charge is 0.314 e. The number of para-hydroxylation sites is 1. The van der Waals surface area contributed by atoms with Gasteiger partial charge >= 0.3 is 0 Å². The predicted molar refractivity (Wildman–Crippen MR) is 101 cm³/mol. The maximum Gasteiger partial charge on any atom is 0.248 e. The Morgan fingerprint density at radius 3 is 2.48 bits per heavy atom. The summed E-state index contributed by atoms with van der Waals surface area (Å²) < 4.78 is 0.986. The van der Waals surface area contributed by atoms with Gasteiger partial charge in [-0.1, -0.05) is 46.3 Å². The summed E-state index contributed by atoms with van der Waals surface area (Å²) in [6.07, 6.45) is 0.941. The van der Waals surface area contributed by atoms with E-state index in [2.05, 4.69) is 21.0 Å². The molecule has 1 aliphatic rings. The highest BCUT2D eigenvalue weighted by Crippen LogP contribution is 2.18. The van der Waals surface area contributed by atoms with Crippen LogP contribution in [0.15, 0.2) is 64.2 Å². The van der Waals surface area contributed by atoms with Crippen molar-refractivity contribution in [3.8, 4) is 0 Å². The molecule has 0 spiro atoms. The van der Waals surface area contributed by atoms with Gasteiger partial charge in [0, 0.05) is 30.0 Å². The Morgan fingerprint density at radius 2 is 1.80 bits per heavy atom. The Kier molecular flexibility index (Phi) is 5.28. The molecule has 0 atom stereocenters. The van der Waals surface area contributed by atoms with E-state index >= 15 is 0 Å². The smallest absolute Gasteiger partial charge is 0.248 e. The number of hydrazone groups is 1. The topological polar surface area (TPSA) is 53.0 Å². The van der Waals surface area contributed by atoms with Gasteiger partial charge in [0.1, 0.15) is 6.54 Å². The SMILES string of the molecule is CN(C(=O)CN1N=C(c2ccc(Br)cc2)CCC1=O)c1ccccc1. The van der Waals surface area contributed by atoms with Crippen molar-refractivity contribution in [1.82, 2.24) is 5.01 Å². The fourth-order valence-electron chi connectivity index (χ4n) is 2.60. The summed E-state index contributed by atoms with van der Waals surface area (Å²) in [5, 5.41) is 5.70. The average molecular weight is 400 g/mol. The monoisotopic (exact) mass is 399 g/mol. The number of carbonyl (C=O) groups excluding carboxylic acids is 2.